The third-order valence-corrected chi connectivity index (χ3v) is 3.51. The molecule has 0 spiro atoms. The Morgan fingerprint density at radius 2 is 1.35 bits per heavy atom. The minimum Gasteiger partial charge on any atom is -0.478 e. The Labute approximate surface area is 125 Å². The second-order valence-corrected chi connectivity index (χ2v) is 5.57. The van der Waals surface area contributed by atoms with Crippen molar-refractivity contribution in [3.63, 3.8) is 0 Å². The lowest BCUT2D eigenvalue weighted by atomic mass is 9.83. The molecule has 0 radical (unpaired) electrons. The van der Waals surface area contributed by atoms with E-state index in [9.17, 15) is 4.79 Å². The van der Waals surface area contributed by atoms with E-state index in [1.54, 1.807) is 0 Å². The van der Waals surface area contributed by atoms with Crippen molar-refractivity contribution in [2.24, 2.45) is 5.73 Å². The summed E-state index contributed by atoms with van der Waals surface area (Å²) in [7, 11) is 0. The number of nitrogens with two attached hydrogens (primary N) is 1. The number of rotatable bonds is 11. The summed E-state index contributed by atoms with van der Waals surface area (Å²) in [6.07, 6.45) is 13.6. The highest BCUT2D eigenvalue weighted by molar-refractivity contribution is 5.78. The highest BCUT2D eigenvalue weighted by atomic mass is 16.4. The molecule has 0 atom stereocenters. The zero-order valence-corrected chi connectivity index (χ0v) is 13.8. The second-order valence-electron chi connectivity index (χ2n) is 5.57. The predicted molar refractivity (Wildman–Crippen MR) is 87.9 cm³/mol. The number of aliphatic carboxylic acids is 1. The van der Waals surface area contributed by atoms with Crippen LogP contribution in [-0.4, -0.2) is 16.6 Å². The summed E-state index contributed by atoms with van der Waals surface area (Å²) < 4.78 is 0. The lowest BCUT2D eigenvalue weighted by molar-refractivity contribution is -0.131. The average molecular weight is 285 g/mol. The van der Waals surface area contributed by atoms with Crippen LogP contribution in [0.15, 0.2) is 12.7 Å². The molecule has 0 aliphatic carbocycles. The zero-order valence-electron chi connectivity index (χ0n) is 13.8. The molecule has 0 fully saturated rings. The number of carbonyl (C=O) groups is 1. The van der Waals surface area contributed by atoms with Crippen LogP contribution in [0.1, 0.15) is 85.0 Å². The summed E-state index contributed by atoms with van der Waals surface area (Å²) in [5.74, 6) is -0.981. The molecule has 0 aromatic heterocycles. The van der Waals surface area contributed by atoms with Crippen LogP contribution in [0.5, 0.6) is 0 Å². The van der Waals surface area contributed by atoms with Gasteiger partial charge in [0.1, 0.15) is 0 Å². The van der Waals surface area contributed by atoms with E-state index in [-0.39, 0.29) is 5.54 Å². The first-order valence-electron chi connectivity index (χ1n) is 8.10. The Bertz CT molecular complexity index is 231. The van der Waals surface area contributed by atoms with Crippen LogP contribution in [0.3, 0.4) is 0 Å². The Hall–Kier alpha value is -0.830. The van der Waals surface area contributed by atoms with Gasteiger partial charge in [-0.1, -0.05) is 72.3 Å². The van der Waals surface area contributed by atoms with Crippen molar-refractivity contribution < 1.29 is 9.90 Å². The molecule has 0 saturated carbocycles. The molecule has 0 aromatic rings. The van der Waals surface area contributed by atoms with Gasteiger partial charge in [0.25, 0.3) is 0 Å². The van der Waals surface area contributed by atoms with Gasteiger partial charge in [-0.05, 0) is 19.3 Å². The maximum Gasteiger partial charge on any atom is 0.327 e. The minimum absolute atomic E-state index is 0.154. The van der Waals surface area contributed by atoms with Crippen molar-refractivity contribution in [3.05, 3.63) is 12.7 Å². The summed E-state index contributed by atoms with van der Waals surface area (Å²) in [4.78, 5) is 9.25. The van der Waals surface area contributed by atoms with E-state index in [1.165, 1.54) is 64.2 Å². The van der Waals surface area contributed by atoms with Gasteiger partial charge in [0.2, 0.25) is 0 Å². The number of carboxylic acids is 1. The number of carboxylic acid groups (broad SMARTS) is 1. The van der Waals surface area contributed by atoms with Crippen LogP contribution in [-0.2, 0) is 4.79 Å². The first-order chi connectivity index (χ1) is 9.45. The number of hydrogen-bond acceptors (Lipinski definition) is 2. The molecule has 20 heavy (non-hydrogen) atoms. The van der Waals surface area contributed by atoms with Gasteiger partial charge in [-0.2, -0.15) is 0 Å². The van der Waals surface area contributed by atoms with Gasteiger partial charge in [-0.25, -0.2) is 4.79 Å². The highest BCUT2D eigenvalue weighted by Gasteiger charge is 2.22. The van der Waals surface area contributed by atoms with Crippen LogP contribution in [0, 0.1) is 0 Å². The van der Waals surface area contributed by atoms with Crippen molar-refractivity contribution in [1.82, 2.24) is 0 Å². The quantitative estimate of drug-likeness (QED) is 0.419. The smallest absolute Gasteiger partial charge is 0.327 e. The van der Waals surface area contributed by atoms with E-state index in [4.69, 9.17) is 10.8 Å². The molecule has 0 amide bonds. The van der Waals surface area contributed by atoms with Gasteiger partial charge in [-0.15, -0.1) is 0 Å². The lowest BCUT2D eigenvalue weighted by Crippen LogP contribution is -2.39. The molecule has 0 bridgehead atoms. The maximum atomic E-state index is 9.25. The van der Waals surface area contributed by atoms with Crippen LogP contribution < -0.4 is 5.73 Å². The van der Waals surface area contributed by atoms with E-state index in [0.29, 0.717) is 0 Å². The standard InChI is InChI=1S/C14H31N.C3H4O2/c1-4-7-10-13-14(15,11-8-5-2)12-9-6-3;1-2-3(4)5/h4-13,15H2,1-3H3;2H,1H2,(H,4,5). The molecule has 0 saturated heterocycles. The van der Waals surface area contributed by atoms with E-state index >= 15 is 0 Å². The monoisotopic (exact) mass is 285 g/mol. The summed E-state index contributed by atoms with van der Waals surface area (Å²) in [6.45, 7) is 9.73. The lowest BCUT2D eigenvalue weighted by Gasteiger charge is -2.29. The minimum atomic E-state index is -0.981. The molecule has 3 heteroatoms. The van der Waals surface area contributed by atoms with E-state index in [0.717, 1.165) is 6.08 Å². The number of hydrogen-bond donors (Lipinski definition) is 2. The topological polar surface area (TPSA) is 63.3 Å². The molecule has 0 rings (SSSR count). The molecule has 0 aliphatic heterocycles. The Morgan fingerprint density at radius 1 is 1.00 bits per heavy atom. The van der Waals surface area contributed by atoms with Gasteiger partial charge in [0.05, 0.1) is 0 Å². The van der Waals surface area contributed by atoms with Gasteiger partial charge < -0.3 is 10.8 Å². The highest BCUT2D eigenvalue weighted by Crippen LogP contribution is 2.25. The molecule has 0 aromatic carbocycles. The number of unbranched alkanes of at least 4 members (excludes halogenated alkanes) is 4. The van der Waals surface area contributed by atoms with Crippen molar-refractivity contribution in [2.75, 3.05) is 0 Å². The fourth-order valence-corrected chi connectivity index (χ4v) is 2.16. The van der Waals surface area contributed by atoms with E-state index in [1.807, 2.05) is 0 Å². The fourth-order valence-electron chi connectivity index (χ4n) is 2.16. The maximum absolute atomic E-state index is 9.25. The Morgan fingerprint density at radius 3 is 1.65 bits per heavy atom. The van der Waals surface area contributed by atoms with Gasteiger partial charge >= 0.3 is 5.97 Å². The summed E-state index contributed by atoms with van der Waals surface area (Å²) in [5.41, 5.74) is 6.66. The fraction of sp³-hybridized carbons (Fsp3) is 0.824. The largest absolute Gasteiger partial charge is 0.478 e. The molecule has 0 unspecified atom stereocenters. The van der Waals surface area contributed by atoms with Crippen LogP contribution in [0.25, 0.3) is 0 Å². The van der Waals surface area contributed by atoms with Gasteiger partial charge in [0.15, 0.2) is 0 Å². The predicted octanol–water partition coefficient (Wildman–Crippen LogP) is 4.90. The van der Waals surface area contributed by atoms with Gasteiger partial charge in [0, 0.05) is 11.6 Å². The van der Waals surface area contributed by atoms with Crippen LogP contribution >= 0.6 is 0 Å². The summed E-state index contributed by atoms with van der Waals surface area (Å²) in [5, 5.41) is 7.60. The van der Waals surface area contributed by atoms with E-state index in [2.05, 4.69) is 27.4 Å². The Kier molecular flexibility index (Phi) is 15.6. The normalized spacial score (nSPS) is 10.6. The summed E-state index contributed by atoms with van der Waals surface area (Å²) in [6, 6.07) is 0. The average Bonchev–Trinajstić information content (AvgIpc) is 2.44. The molecule has 0 aliphatic rings. The molecule has 0 heterocycles. The SMILES string of the molecule is C=CC(=O)O.CCCCCC(N)(CCCC)CCCC. The van der Waals surface area contributed by atoms with Crippen molar-refractivity contribution in [3.8, 4) is 0 Å². The molecular formula is C17H35NO2. The molecule has 120 valence electrons. The Balaban J connectivity index is 0. The molecular weight excluding hydrogens is 250 g/mol. The molecule has 3 N–H and O–H groups in total. The second kappa shape index (κ2) is 14.6. The zero-order chi connectivity index (χ0) is 15.9. The first-order valence-corrected chi connectivity index (χ1v) is 8.10. The van der Waals surface area contributed by atoms with Gasteiger partial charge in [-0.3, -0.25) is 0 Å². The summed E-state index contributed by atoms with van der Waals surface area (Å²) >= 11 is 0. The van der Waals surface area contributed by atoms with Crippen molar-refractivity contribution in [2.45, 2.75) is 90.5 Å². The first kappa shape index (κ1) is 21.5. The molecule has 3 nitrogen and oxygen atoms in total. The van der Waals surface area contributed by atoms with Crippen molar-refractivity contribution >= 4 is 5.97 Å². The van der Waals surface area contributed by atoms with Crippen LogP contribution in [0.2, 0.25) is 0 Å². The third kappa shape index (κ3) is 15.2. The third-order valence-electron chi connectivity index (χ3n) is 3.51. The van der Waals surface area contributed by atoms with E-state index < -0.39 is 5.97 Å². The van der Waals surface area contributed by atoms with Crippen molar-refractivity contribution in [1.29, 1.82) is 0 Å². The van der Waals surface area contributed by atoms with Crippen LogP contribution in [0.4, 0.5) is 0 Å².